The third kappa shape index (κ3) is 2.65. The Labute approximate surface area is 118 Å². The molecule has 1 fully saturated rings. The minimum absolute atomic E-state index is 0.182. The van der Waals surface area contributed by atoms with Crippen molar-refractivity contribution in [2.24, 2.45) is 0 Å². The van der Waals surface area contributed by atoms with Gasteiger partial charge in [0.25, 0.3) is 0 Å². The maximum Gasteiger partial charge on any atom is 0.228 e. The predicted molar refractivity (Wildman–Crippen MR) is 80.7 cm³/mol. The highest BCUT2D eigenvalue weighted by Crippen LogP contribution is 2.34. The molecule has 0 spiro atoms. The normalized spacial score (nSPS) is 26.6. The number of hydrogen-bond acceptors (Lipinski definition) is 3. The van der Waals surface area contributed by atoms with Crippen LogP contribution in [0.3, 0.4) is 0 Å². The van der Waals surface area contributed by atoms with E-state index in [1.165, 1.54) is 24.2 Å². The zero-order valence-corrected chi connectivity index (χ0v) is 12.1. The molecule has 1 saturated heterocycles. The molecule has 2 atom stereocenters. The van der Waals surface area contributed by atoms with Crippen LogP contribution in [0.1, 0.15) is 30.9 Å². The van der Waals surface area contributed by atoms with Crippen LogP contribution in [-0.2, 0) is 4.79 Å². The topological polar surface area (TPSA) is 32.3 Å². The van der Waals surface area contributed by atoms with Crippen LogP contribution in [-0.4, -0.2) is 30.5 Å². The molecule has 2 heterocycles. The third-order valence-electron chi connectivity index (χ3n) is 4.04. The highest BCUT2D eigenvalue weighted by atomic mass is 32.2. The first-order chi connectivity index (χ1) is 9.25. The van der Waals surface area contributed by atoms with Crippen molar-refractivity contribution in [1.82, 2.24) is 5.32 Å². The number of fused-ring (bicyclic) bond motifs is 1. The standard InChI is InChI=1S/C15H20N2OS/c1-17-14-7-3-2-6-12(14)13(9-15(17)18)16-10-11-5-4-8-19-11/h2-3,6-7,11,13,16H,4-5,8-10H2,1H3. The fourth-order valence-corrected chi connectivity index (χ4v) is 4.12. The molecule has 19 heavy (non-hydrogen) atoms. The Morgan fingerprint density at radius 1 is 1.42 bits per heavy atom. The van der Waals surface area contributed by atoms with Gasteiger partial charge in [-0.1, -0.05) is 18.2 Å². The minimum atomic E-state index is 0.182. The van der Waals surface area contributed by atoms with E-state index in [0.717, 1.165) is 17.5 Å². The van der Waals surface area contributed by atoms with E-state index in [0.29, 0.717) is 6.42 Å². The van der Waals surface area contributed by atoms with Crippen molar-refractivity contribution < 1.29 is 4.79 Å². The van der Waals surface area contributed by atoms with Crippen molar-refractivity contribution in [1.29, 1.82) is 0 Å². The lowest BCUT2D eigenvalue weighted by Crippen LogP contribution is -2.39. The summed E-state index contributed by atoms with van der Waals surface area (Å²) in [7, 11) is 1.87. The Hall–Kier alpha value is -1.00. The Balaban J connectivity index is 1.74. The SMILES string of the molecule is CN1C(=O)CC(NCC2CCCS2)c2ccccc21. The van der Waals surface area contributed by atoms with Gasteiger partial charge in [-0.2, -0.15) is 11.8 Å². The smallest absolute Gasteiger partial charge is 0.228 e. The lowest BCUT2D eigenvalue weighted by atomic mass is 9.96. The number of anilines is 1. The van der Waals surface area contributed by atoms with E-state index in [1.807, 2.05) is 19.2 Å². The van der Waals surface area contributed by atoms with Gasteiger partial charge in [0.2, 0.25) is 5.91 Å². The first-order valence-electron chi connectivity index (χ1n) is 6.96. The molecular weight excluding hydrogens is 256 g/mol. The molecule has 2 aliphatic rings. The Morgan fingerprint density at radius 2 is 2.26 bits per heavy atom. The van der Waals surface area contributed by atoms with Crippen molar-refractivity contribution in [2.45, 2.75) is 30.6 Å². The molecular formula is C15H20N2OS. The molecule has 2 unspecified atom stereocenters. The van der Waals surface area contributed by atoms with Gasteiger partial charge in [-0.3, -0.25) is 4.79 Å². The van der Waals surface area contributed by atoms with Crippen molar-refractivity contribution in [3.8, 4) is 0 Å². The summed E-state index contributed by atoms with van der Waals surface area (Å²) in [6.07, 6.45) is 3.21. The van der Waals surface area contributed by atoms with Crippen LogP contribution in [0.25, 0.3) is 0 Å². The number of rotatable bonds is 3. The van der Waals surface area contributed by atoms with Gasteiger partial charge in [0.1, 0.15) is 0 Å². The highest BCUT2D eigenvalue weighted by Gasteiger charge is 2.29. The molecule has 0 aliphatic carbocycles. The van der Waals surface area contributed by atoms with Gasteiger partial charge in [-0.05, 0) is 30.2 Å². The van der Waals surface area contributed by atoms with Gasteiger partial charge >= 0.3 is 0 Å². The van der Waals surface area contributed by atoms with Crippen LogP contribution in [0, 0.1) is 0 Å². The molecule has 102 valence electrons. The van der Waals surface area contributed by atoms with E-state index in [1.54, 1.807) is 4.90 Å². The quantitative estimate of drug-likeness (QED) is 0.921. The van der Waals surface area contributed by atoms with Gasteiger partial charge in [0.05, 0.1) is 0 Å². The largest absolute Gasteiger partial charge is 0.315 e. The average Bonchev–Trinajstić information content (AvgIpc) is 2.95. The molecule has 2 aliphatic heterocycles. The number of nitrogens with one attached hydrogen (secondary N) is 1. The van der Waals surface area contributed by atoms with Crippen LogP contribution in [0.5, 0.6) is 0 Å². The fourth-order valence-electron chi connectivity index (χ4n) is 2.90. The van der Waals surface area contributed by atoms with Gasteiger partial charge in [-0.25, -0.2) is 0 Å². The average molecular weight is 276 g/mol. The summed E-state index contributed by atoms with van der Waals surface area (Å²) in [6.45, 7) is 1.01. The molecule has 1 aromatic rings. The number of hydrogen-bond donors (Lipinski definition) is 1. The zero-order valence-electron chi connectivity index (χ0n) is 11.3. The first kappa shape index (κ1) is 13.0. The number of thioether (sulfide) groups is 1. The van der Waals surface area contributed by atoms with Gasteiger partial charge < -0.3 is 10.2 Å². The van der Waals surface area contributed by atoms with Crippen LogP contribution >= 0.6 is 11.8 Å². The Kier molecular flexibility index (Phi) is 3.80. The third-order valence-corrected chi connectivity index (χ3v) is 5.44. The summed E-state index contributed by atoms with van der Waals surface area (Å²) in [5.41, 5.74) is 2.31. The number of amides is 1. The van der Waals surface area contributed by atoms with Crippen molar-refractivity contribution in [2.75, 3.05) is 24.2 Å². The van der Waals surface area contributed by atoms with E-state index in [-0.39, 0.29) is 11.9 Å². The minimum Gasteiger partial charge on any atom is -0.315 e. The van der Waals surface area contributed by atoms with E-state index in [2.05, 4.69) is 29.2 Å². The molecule has 0 saturated carbocycles. The second-order valence-electron chi connectivity index (χ2n) is 5.31. The van der Waals surface area contributed by atoms with Gasteiger partial charge in [0, 0.05) is 37.0 Å². The molecule has 0 bridgehead atoms. The monoisotopic (exact) mass is 276 g/mol. The number of nitrogens with zero attached hydrogens (tertiary/aromatic N) is 1. The zero-order chi connectivity index (χ0) is 13.2. The molecule has 0 aromatic heterocycles. The van der Waals surface area contributed by atoms with Gasteiger partial charge in [0.15, 0.2) is 0 Å². The van der Waals surface area contributed by atoms with E-state index < -0.39 is 0 Å². The highest BCUT2D eigenvalue weighted by molar-refractivity contribution is 8.00. The molecule has 1 amide bonds. The van der Waals surface area contributed by atoms with Crippen LogP contribution < -0.4 is 10.2 Å². The Morgan fingerprint density at radius 3 is 3.05 bits per heavy atom. The molecule has 3 nitrogen and oxygen atoms in total. The summed E-state index contributed by atoms with van der Waals surface area (Å²) < 4.78 is 0. The lowest BCUT2D eigenvalue weighted by Gasteiger charge is -2.32. The number of carbonyl (C=O) groups excluding carboxylic acids is 1. The summed E-state index contributed by atoms with van der Waals surface area (Å²) in [4.78, 5) is 13.8. The number of benzene rings is 1. The number of para-hydroxylation sites is 1. The summed E-state index contributed by atoms with van der Waals surface area (Å²) in [5.74, 6) is 1.49. The van der Waals surface area contributed by atoms with Crippen molar-refractivity contribution in [3.63, 3.8) is 0 Å². The summed E-state index contributed by atoms with van der Waals surface area (Å²) in [5, 5.41) is 4.33. The molecule has 4 heteroatoms. The molecule has 1 N–H and O–H groups in total. The summed E-state index contributed by atoms with van der Waals surface area (Å²) in [6, 6.07) is 8.41. The Bertz CT molecular complexity index is 471. The van der Waals surface area contributed by atoms with Gasteiger partial charge in [-0.15, -0.1) is 0 Å². The lowest BCUT2D eigenvalue weighted by molar-refractivity contribution is -0.119. The second-order valence-corrected chi connectivity index (χ2v) is 6.72. The maximum atomic E-state index is 12.0. The first-order valence-corrected chi connectivity index (χ1v) is 8.01. The maximum absolute atomic E-state index is 12.0. The molecule has 1 aromatic carbocycles. The molecule has 0 radical (unpaired) electrons. The van der Waals surface area contributed by atoms with Crippen molar-refractivity contribution >= 4 is 23.4 Å². The van der Waals surface area contributed by atoms with E-state index in [4.69, 9.17) is 0 Å². The fraction of sp³-hybridized carbons (Fsp3) is 0.533. The number of carbonyl (C=O) groups is 1. The van der Waals surface area contributed by atoms with Crippen molar-refractivity contribution in [3.05, 3.63) is 29.8 Å². The summed E-state index contributed by atoms with van der Waals surface area (Å²) >= 11 is 2.06. The van der Waals surface area contributed by atoms with E-state index in [9.17, 15) is 4.79 Å². The second kappa shape index (κ2) is 5.55. The van der Waals surface area contributed by atoms with E-state index >= 15 is 0 Å². The predicted octanol–water partition coefficient (Wildman–Crippen LogP) is 2.58. The molecule has 3 rings (SSSR count). The van der Waals surface area contributed by atoms with Crippen LogP contribution in [0.4, 0.5) is 5.69 Å². The van der Waals surface area contributed by atoms with Crippen LogP contribution in [0.2, 0.25) is 0 Å². The van der Waals surface area contributed by atoms with Crippen LogP contribution in [0.15, 0.2) is 24.3 Å².